The van der Waals surface area contributed by atoms with Gasteiger partial charge in [0.05, 0.1) is 22.1 Å². The average molecular weight is 870 g/mol. The van der Waals surface area contributed by atoms with Crippen molar-refractivity contribution in [1.29, 1.82) is 0 Å². The second-order valence-corrected chi connectivity index (χ2v) is 18.9. The highest BCUT2D eigenvalue weighted by Crippen LogP contribution is 2.50. The molecule has 8 aromatic carbocycles. The number of fused-ring (bicyclic) bond motifs is 6. The molecule has 13 rings (SSSR count). The van der Waals surface area contributed by atoms with Crippen molar-refractivity contribution < 1.29 is 0 Å². The van der Waals surface area contributed by atoms with Crippen LogP contribution in [0.4, 0.5) is 0 Å². The molecule has 0 N–H and O–H groups in total. The maximum Gasteiger partial charge on any atom is 0.0664 e. The van der Waals surface area contributed by atoms with Gasteiger partial charge < -0.3 is 4.57 Å². The molecule has 0 saturated heterocycles. The fourth-order valence-electron chi connectivity index (χ4n) is 12.2. The highest BCUT2D eigenvalue weighted by atomic mass is 15.0. The number of hydrogen-bond acceptors (Lipinski definition) is 0. The minimum absolute atomic E-state index is 0.269. The Kier molecular flexibility index (Phi) is 9.90. The maximum absolute atomic E-state index is 2.54. The quantitative estimate of drug-likeness (QED) is 0.134. The summed E-state index contributed by atoms with van der Waals surface area (Å²) in [6.45, 7) is 0. The molecule has 1 aromatic heterocycles. The van der Waals surface area contributed by atoms with E-state index in [0.29, 0.717) is 5.92 Å². The zero-order valence-corrected chi connectivity index (χ0v) is 38.1. The molecule has 0 aliphatic heterocycles. The topological polar surface area (TPSA) is 4.93 Å². The number of rotatable bonds is 8. The summed E-state index contributed by atoms with van der Waals surface area (Å²) in [5, 5.41) is 5.11. The molecule has 4 aliphatic rings. The summed E-state index contributed by atoms with van der Waals surface area (Å²) in [5.74, 6) is 0.599. The zero-order chi connectivity index (χ0) is 45.0. The van der Waals surface area contributed by atoms with Gasteiger partial charge in [-0.3, -0.25) is 0 Å². The van der Waals surface area contributed by atoms with Crippen molar-refractivity contribution in [3.05, 3.63) is 293 Å². The van der Waals surface area contributed by atoms with Gasteiger partial charge in [0.25, 0.3) is 0 Å². The van der Waals surface area contributed by atoms with Crippen LogP contribution in [0.15, 0.2) is 254 Å². The van der Waals surface area contributed by atoms with Crippen LogP contribution < -0.4 is 0 Å². The molecule has 2 unspecified atom stereocenters. The number of aromatic nitrogens is 1. The van der Waals surface area contributed by atoms with Gasteiger partial charge in [-0.1, -0.05) is 224 Å². The molecule has 2 atom stereocenters. The van der Waals surface area contributed by atoms with E-state index in [4.69, 9.17) is 0 Å². The van der Waals surface area contributed by atoms with Gasteiger partial charge in [0.15, 0.2) is 0 Å². The van der Waals surface area contributed by atoms with Gasteiger partial charge in [-0.25, -0.2) is 0 Å². The van der Waals surface area contributed by atoms with E-state index in [1.54, 1.807) is 0 Å². The number of hydrogen-bond donors (Lipinski definition) is 0. The molecule has 0 saturated carbocycles. The molecule has 9 aromatic rings. The van der Waals surface area contributed by atoms with E-state index >= 15 is 0 Å². The van der Waals surface area contributed by atoms with E-state index < -0.39 is 5.41 Å². The second-order valence-electron chi connectivity index (χ2n) is 18.9. The average Bonchev–Trinajstić information content (AvgIpc) is 3.74. The van der Waals surface area contributed by atoms with Crippen molar-refractivity contribution >= 4 is 44.2 Å². The number of benzene rings is 8. The lowest BCUT2D eigenvalue weighted by molar-refractivity contribution is 0.671. The molecule has 0 radical (unpaired) electrons. The van der Waals surface area contributed by atoms with Crippen molar-refractivity contribution in [3.63, 3.8) is 0 Å². The summed E-state index contributed by atoms with van der Waals surface area (Å²) in [4.78, 5) is 0. The van der Waals surface area contributed by atoms with Gasteiger partial charge in [-0.2, -0.15) is 0 Å². The Hall–Kier alpha value is -8.00. The number of aryl methyl sites for hydroxylation is 1. The van der Waals surface area contributed by atoms with Crippen molar-refractivity contribution in [3.8, 4) is 16.8 Å². The highest BCUT2D eigenvalue weighted by molar-refractivity contribution is 6.12. The Bertz CT molecular complexity index is 3560. The first-order chi connectivity index (χ1) is 33.7. The fraction of sp³-hybridized carbons (Fsp3) is 0.104. The Morgan fingerprint density at radius 1 is 0.456 bits per heavy atom. The number of nitrogens with zero attached hydrogens (tertiary/aromatic N) is 1. The molecule has 68 heavy (non-hydrogen) atoms. The van der Waals surface area contributed by atoms with Crippen LogP contribution in [0.1, 0.15) is 64.1 Å². The summed E-state index contributed by atoms with van der Waals surface area (Å²) in [5.41, 5.74) is 19.3. The molecule has 1 heterocycles. The molecule has 1 heteroatoms. The first-order valence-electron chi connectivity index (χ1n) is 24.4. The minimum atomic E-state index is -0.416. The third-order valence-corrected chi connectivity index (χ3v) is 15.4. The predicted octanol–water partition coefficient (Wildman–Crippen LogP) is 17.0. The summed E-state index contributed by atoms with van der Waals surface area (Å²) >= 11 is 0. The van der Waals surface area contributed by atoms with Crippen molar-refractivity contribution in [2.75, 3.05) is 0 Å². The fourth-order valence-corrected chi connectivity index (χ4v) is 12.2. The smallest absolute Gasteiger partial charge is 0.0664 e. The standard InChI is InChI=1S/C67H51N/c1-4-22-51(23-5-1)67(52-24-6-2-7-25-52,53-26-8-3-9-27-53)54-40-36-48(37-41-54)57-32-16-34-61-60(57)33-17-35-64(61)68-65-42-38-49(58-30-14-20-46-18-10-12-28-55(46)58)44-62(65)63-45-50(39-43-66(63)68)59-31-15-21-47-19-11-13-29-56(47)59/h1-10,12-18,20-36,38-40,42-45,55,58H,11,19,37,41H2. The van der Waals surface area contributed by atoms with Crippen molar-refractivity contribution in [1.82, 2.24) is 4.57 Å². The van der Waals surface area contributed by atoms with Crippen LogP contribution in [0.2, 0.25) is 0 Å². The Morgan fingerprint density at radius 2 is 1.13 bits per heavy atom. The van der Waals surface area contributed by atoms with E-state index in [-0.39, 0.29) is 5.92 Å². The largest absolute Gasteiger partial charge is 0.309 e. The molecule has 4 aliphatic carbocycles. The van der Waals surface area contributed by atoms with E-state index in [2.05, 4.69) is 253 Å². The van der Waals surface area contributed by atoms with Gasteiger partial charge in [0.1, 0.15) is 0 Å². The third kappa shape index (κ3) is 6.52. The van der Waals surface area contributed by atoms with Crippen molar-refractivity contribution in [2.24, 2.45) is 5.92 Å². The molecular formula is C67H51N. The predicted molar refractivity (Wildman–Crippen MR) is 287 cm³/mol. The first kappa shape index (κ1) is 40.3. The summed E-state index contributed by atoms with van der Waals surface area (Å²) in [6, 6.07) is 68.5. The van der Waals surface area contributed by atoms with Crippen molar-refractivity contribution in [2.45, 2.75) is 37.0 Å². The summed E-state index contributed by atoms with van der Waals surface area (Å²) < 4.78 is 2.54. The first-order valence-corrected chi connectivity index (χ1v) is 24.4. The second kappa shape index (κ2) is 16.7. The molecular weight excluding hydrogens is 819 g/mol. The van der Waals surface area contributed by atoms with Crippen LogP contribution in [-0.2, 0) is 11.8 Å². The van der Waals surface area contributed by atoms with E-state index in [9.17, 15) is 0 Å². The van der Waals surface area contributed by atoms with E-state index in [1.807, 2.05) is 0 Å². The van der Waals surface area contributed by atoms with Crippen LogP contribution in [0.25, 0.3) is 61.0 Å². The van der Waals surface area contributed by atoms with E-state index in [1.165, 1.54) is 105 Å². The SMILES string of the molecule is C1=CC2=CC=CC(c3ccc4c(c3)c3cc(-c5cccc6c5C=CCC6)ccc3n4-c3cccc4c(C5=CC=C(C(c6ccccc6)(c6ccccc6)c6ccccc6)CC5)cccc34)C2C=C1. The van der Waals surface area contributed by atoms with Crippen LogP contribution in [0, 0.1) is 5.92 Å². The number of allylic oxidation sites excluding steroid dienone is 13. The molecule has 324 valence electrons. The lowest BCUT2D eigenvalue weighted by Gasteiger charge is -2.40. The molecule has 0 amide bonds. The normalized spacial score (nSPS) is 17.5. The van der Waals surface area contributed by atoms with Crippen LogP contribution in [0.5, 0.6) is 0 Å². The third-order valence-electron chi connectivity index (χ3n) is 15.4. The molecule has 1 nitrogen and oxygen atoms in total. The lowest BCUT2D eigenvalue weighted by Crippen LogP contribution is -2.32. The monoisotopic (exact) mass is 869 g/mol. The Balaban J connectivity index is 0.970. The van der Waals surface area contributed by atoms with Crippen LogP contribution in [-0.4, -0.2) is 4.57 Å². The molecule has 0 spiro atoms. The van der Waals surface area contributed by atoms with Crippen LogP contribution >= 0.6 is 0 Å². The molecule has 0 bridgehead atoms. The minimum Gasteiger partial charge on any atom is -0.309 e. The Morgan fingerprint density at radius 3 is 1.88 bits per heavy atom. The van der Waals surface area contributed by atoms with Gasteiger partial charge in [0, 0.05) is 28.0 Å². The maximum atomic E-state index is 2.54. The molecule has 0 fully saturated rings. The lowest BCUT2D eigenvalue weighted by atomic mass is 9.62. The van der Waals surface area contributed by atoms with Gasteiger partial charge >= 0.3 is 0 Å². The zero-order valence-electron chi connectivity index (χ0n) is 38.1. The van der Waals surface area contributed by atoms with Gasteiger partial charge in [-0.05, 0) is 123 Å². The Labute approximate surface area is 399 Å². The summed E-state index contributed by atoms with van der Waals surface area (Å²) in [7, 11) is 0. The van der Waals surface area contributed by atoms with E-state index in [0.717, 1.165) is 25.7 Å². The van der Waals surface area contributed by atoms with Crippen LogP contribution in [0.3, 0.4) is 0 Å². The summed E-state index contributed by atoms with van der Waals surface area (Å²) in [6.07, 6.45) is 29.5. The highest BCUT2D eigenvalue weighted by Gasteiger charge is 2.40. The van der Waals surface area contributed by atoms with Gasteiger partial charge in [0.2, 0.25) is 0 Å². The van der Waals surface area contributed by atoms with Gasteiger partial charge in [-0.15, -0.1) is 0 Å².